The van der Waals surface area contributed by atoms with Crippen LogP contribution in [0.1, 0.15) is 35.6 Å². The van der Waals surface area contributed by atoms with Crippen molar-refractivity contribution in [2.45, 2.75) is 27.2 Å². The van der Waals surface area contributed by atoms with Crippen molar-refractivity contribution in [1.82, 2.24) is 15.5 Å². The van der Waals surface area contributed by atoms with Gasteiger partial charge in [0, 0.05) is 5.69 Å². The van der Waals surface area contributed by atoms with Gasteiger partial charge in [-0.2, -0.15) is 5.10 Å². The zero-order valence-electron chi connectivity index (χ0n) is 13.3. The molecule has 5 nitrogen and oxygen atoms in total. The molecule has 0 saturated carbocycles. The molecule has 0 radical (unpaired) electrons. The van der Waals surface area contributed by atoms with Gasteiger partial charge >= 0.3 is 0 Å². The van der Waals surface area contributed by atoms with Crippen molar-refractivity contribution in [3.63, 3.8) is 0 Å². The molecule has 0 unspecified atom stereocenters. The lowest BCUT2D eigenvalue weighted by atomic mass is 10.1. The second-order valence-corrected chi connectivity index (χ2v) is 5.79. The number of nitrogens with zero attached hydrogens (tertiary/aromatic N) is 1. The first-order valence-electron chi connectivity index (χ1n) is 7.56. The van der Waals surface area contributed by atoms with Crippen LogP contribution in [-0.2, 0) is 6.42 Å². The standard InChI is InChI=1S/C17H23N3O2/c1-12(2)10-14-11-16(20-19-14)17(21)18-8-9-22-15-6-4-13(3)5-7-15/h4-7,11-12H,8-10H2,1-3H3,(H,18,21)(H,19,20). The third kappa shape index (κ3) is 4.91. The van der Waals surface area contributed by atoms with Crippen LogP contribution >= 0.6 is 0 Å². The summed E-state index contributed by atoms with van der Waals surface area (Å²) in [5.41, 5.74) is 2.60. The van der Waals surface area contributed by atoms with E-state index in [1.807, 2.05) is 31.2 Å². The number of amides is 1. The summed E-state index contributed by atoms with van der Waals surface area (Å²) in [5, 5.41) is 9.74. The zero-order valence-corrected chi connectivity index (χ0v) is 13.3. The summed E-state index contributed by atoms with van der Waals surface area (Å²) in [4.78, 5) is 12.0. The molecule has 2 aromatic rings. The van der Waals surface area contributed by atoms with Crippen LogP contribution in [-0.4, -0.2) is 29.3 Å². The van der Waals surface area contributed by atoms with E-state index in [1.54, 1.807) is 6.07 Å². The maximum atomic E-state index is 12.0. The Labute approximate surface area is 131 Å². The maximum Gasteiger partial charge on any atom is 0.271 e. The fraction of sp³-hybridized carbons (Fsp3) is 0.412. The van der Waals surface area contributed by atoms with Gasteiger partial charge in [-0.15, -0.1) is 0 Å². The van der Waals surface area contributed by atoms with Gasteiger partial charge in [-0.1, -0.05) is 31.5 Å². The van der Waals surface area contributed by atoms with Gasteiger partial charge in [0.1, 0.15) is 18.1 Å². The lowest BCUT2D eigenvalue weighted by Gasteiger charge is -2.07. The van der Waals surface area contributed by atoms with Gasteiger partial charge in [0.25, 0.3) is 5.91 Å². The highest BCUT2D eigenvalue weighted by atomic mass is 16.5. The van der Waals surface area contributed by atoms with Crippen molar-refractivity contribution in [3.8, 4) is 5.75 Å². The monoisotopic (exact) mass is 301 g/mol. The predicted octanol–water partition coefficient (Wildman–Crippen LogP) is 2.73. The van der Waals surface area contributed by atoms with Crippen molar-refractivity contribution in [2.75, 3.05) is 13.2 Å². The largest absolute Gasteiger partial charge is 0.492 e. The zero-order chi connectivity index (χ0) is 15.9. The van der Waals surface area contributed by atoms with Crippen LogP contribution in [0.5, 0.6) is 5.75 Å². The Morgan fingerprint density at radius 2 is 2.05 bits per heavy atom. The lowest BCUT2D eigenvalue weighted by molar-refractivity contribution is 0.0942. The highest BCUT2D eigenvalue weighted by molar-refractivity contribution is 5.92. The molecular formula is C17H23N3O2. The van der Waals surface area contributed by atoms with Crippen molar-refractivity contribution in [1.29, 1.82) is 0 Å². The minimum atomic E-state index is -0.182. The molecular weight excluding hydrogens is 278 g/mol. The number of hydrogen-bond acceptors (Lipinski definition) is 3. The number of H-pyrrole nitrogens is 1. The quantitative estimate of drug-likeness (QED) is 0.773. The number of hydrogen-bond donors (Lipinski definition) is 2. The Kier molecular flexibility index (Phi) is 5.58. The van der Waals surface area contributed by atoms with E-state index in [0.717, 1.165) is 17.9 Å². The fourth-order valence-corrected chi connectivity index (χ4v) is 2.08. The molecule has 0 atom stereocenters. The fourth-order valence-electron chi connectivity index (χ4n) is 2.08. The van der Waals surface area contributed by atoms with Crippen LogP contribution in [0.4, 0.5) is 0 Å². The Hall–Kier alpha value is -2.30. The summed E-state index contributed by atoms with van der Waals surface area (Å²) in [6.07, 6.45) is 0.886. The van der Waals surface area contributed by atoms with E-state index in [0.29, 0.717) is 24.8 Å². The van der Waals surface area contributed by atoms with Crippen LogP contribution in [0.2, 0.25) is 0 Å². The first-order valence-corrected chi connectivity index (χ1v) is 7.56. The van der Waals surface area contributed by atoms with Crippen molar-refractivity contribution in [2.24, 2.45) is 5.92 Å². The summed E-state index contributed by atoms with van der Waals surface area (Å²) in [5.74, 6) is 1.15. The summed E-state index contributed by atoms with van der Waals surface area (Å²) < 4.78 is 5.56. The van der Waals surface area contributed by atoms with Crippen LogP contribution in [0.15, 0.2) is 30.3 Å². The molecule has 2 rings (SSSR count). The molecule has 1 aromatic heterocycles. The van der Waals surface area contributed by atoms with E-state index in [1.165, 1.54) is 5.56 Å². The van der Waals surface area contributed by atoms with E-state index < -0.39 is 0 Å². The molecule has 2 N–H and O–H groups in total. The molecule has 0 saturated heterocycles. The summed E-state index contributed by atoms with van der Waals surface area (Å²) in [7, 11) is 0. The van der Waals surface area contributed by atoms with Crippen LogP contribution in [0.25, 0.3) is 0 Å². The lowest BCUT2D eigenvalue weighted by Crippen LogP contribution is -2.28. The first-order chi connectivity index (χ1) is 10.5. The van der Waals surface area contributed by atoms with Gasteiger partial charge in [0.2, 0.25) is 0 Å². The number of benzene rings is 1. The molecule has 1 amide bonds. The van der Waals surface area contributed by atoms with Gasteiger partial charge in [-0.25, -0.2) is 0 Å². The predicted molar refractivity (Wildman–Crippen MR) is 86.1 cm³/mol. The molecule has 0 spiro atoms. The second kappa shape index (κ2) is 7.64. The number of aromatic nitrogens is 2. The first kappa shape index (κ1) is 16.1. The number of rotatable bonds is 7. The van der Waals surface area contributed by atoms with Crippen molar-refractivity contribution >= 4 is 5.91 Å². The molecule has 0 fully saturated rings. The molecule has 0 aliphatic carbocycles. The molecule has 0 aliphatic heterocycles. The molecule has 1 aromatic carbocycles. The highest BCUT2D eigenvalue weighted by Gasteiger charge is 2.10. The molecule has 1 heterocycles. The van der Waals surface area contributed by atoms with Crippen LogP contribution in [0.3, 0.4) is 0 Å². The second-order valence-electron chi connectivity index (χ2n) is 5.79. The summed E-state index contributed by atoms with van der Waals surface area (Å²) in [6.45, 7) is 7.16. The Balaban J connectivity index is 1.73. The SMILES string of the molecule is Cc1ccc(OCCNC(=O)c2cc(CC(C)C)[nH]n2)cc1. The number of carbonyl (C=O) groups excluding carboxylic acids is 1. The molecule has 118 valence electrons. The van der Waals surface area contributed by atoms with Crippen LogP contribution < -0.4 is 10.1 Å². The number of aryl methyl sites for hydroxylation is 1. The van der Waals surface area contributed by atoms with Gasteiger partial charge in [-0.3, -0.25) is 9.89 Å². The average molecular weight is 301 g/mol. The van der Waals surface area contributed by atoms with E-state index in [-0.39, 0.29) is 5.91 Å². The van der Waals surface area contributed by atoms with Gasteiger partial charge in [0.05, 0.1) is 6.54 Å². The molecule has 5 heteroatoms. The smallest absolute Gasteiger partial charge is 0.271 e. The number of aromatic amines is 1. The van der Waals surface area contributed by atoms with E-state index in [9.17, 15) is 4.79 Å². The third-order valence-electron chi connectivity index (χ3n) is 3.17. The van der Waals surface area contributed by atoms with Gasteiger partial charge in [-0.05, 0) is 37.5 Å². The third-order valence-corrected chi connectivity index (χ3v) is 3.17. The van der Waals surface area contributed by atoms with Crippen molar-refractivity contribution < 1.29 is 9.53 Å². The van der Waals surface area contributed by atoms with E-state index in [4.69, 9.17) is 4.74 Å². The minimum absolute atomic E-state index is 0.182. The number of nitrogens with one attached hydrogen (secondary N) is 2. The number of carbonyl (C=O) groups is 1. The maximum absolute atomic E-state index is 12.0. The highest BCUT2D eigenvalue weighted by Crippen LogP contribution is 2.11. The minimum Gasteiger partial charge on any atom is -0.492 e. The van der Waals surface area contributed by atoms with E-state index >= 15 is 0 Å². The molecule has 0 aliphatic rings. The Morgan fingerprint density at radius 1 is 1.32 bits per heavy atom. The molecule has 22 heavy (non-hydrogen) atoms. The summed E-state index contributed by atoms with van der Waals surface area (Å²) >= 11 is 0. The topological polar surface area (TPSA) is 67.0 Å². The Bertz CT molecular complexity index is 603. The summed E-state index contributed by atoms with van der Waals surface area (Å²) in [6, 6.07) is 9.63. The van der Waals surface area contributed by atoms with Crippen LogP contribution in [0, 0.1) is 12.8 Å². The van der Waals surface area contributed by atoms with E-state index in [2.05, 4.69) is 29.4 Å². The molecule has 0 bridgehead atoms. The number of ether oxygens (including phenoxy) is 1. The van der Waals surface area contributed by atoms with Gasteiger partial charge < -0.3 is 10.1 Å². The Morgan fingerprint density at radius 3 is 2.73 bits per heavy atom. The normalized spacial score (nSPS) is 10.7. The van der Waals surface area contributed by atoms with Gasteiger partial charge in [0.15, 0.2) is 0 Å². The van der Waals surface area contributed by atoms with Crippen molar-refractivity contribution in [3.05, 3.63) is 47.3 Å². The average Bonchev–Trinajstić information content (AvgIpc) is 2.93.